The van der Waals surface area contributed by atoms with E-state index in [9.17, 15) is 19.5 Å². The van der Waals surface area contributed by atoms with Gasteiger partial charge in [-0.1, -0.05) is 30.3 Å². The van der Waals surface area contributed by atoms with Crippen molar-refractivity contribution in [1.29, 1.82) is 0 Å². The molecule has 2 aromatic heterocycles. The number of hydrogen-bond donors (Lipinski definition) is 2. The second-order valence-electron chi connectivity index (χ2n) is 10.8. The molecule has 0 bridgehead atoms. The van der Waals surface area contributed by atoms with E-state index in [1.165, 1.54) is 6.21 Å². The molecule has 1 saturated heterocycles. The molecule has 1 aliphatic rings. The number of aromatic hydroxyl groups is 1. The number of aromatic nitrogens is 4. The first-order valence-corrected chi connectivity index (χ1v) is 14.1. The number of nitrogens with one attached hydrogen (secondary N) is 1. The lowest BCUT2D eigenvalue weighted by molar-refractivity contribution is 0.430. The van der Waals surface area contributed by atoms with Crippen molar-refractivity contribution in [2.75, 3.05) is 36.0 Å². The van der Waals surface area contributed by atoms with E-state index in [0.717, 1.165) is 45.7 Å². The summed E-state index contributed by atoms with van der Waals surface area (Å²) in [5.74, 6) is -0.502. The van der Waals surface area contributed by atoms with Crippen molar-refractivity contribution < 1.29 is 5.11 Å². The molecule has 1 fully saturated rings. The summed E-state index contributed by atoms with van der Waals surface area (Å²) in [6, 6.07) is 19.4. The van der Waals surface area contributed by atoms with E-state index in [1.807, 2.05) is 50.2 Å². The Morgan fingerprint density at radius 3 is 2.16 bits per heavy atom. The minimum Gasteiger partial charge on any atom is -0.493 e. The van der Waals surface area contributed by atoms with Crippen LogP contribution in [0.5, 0.6) is 5.88 Å². The van der Waals surface area contributed by atoms with Crippen LogP contribution in [-0.4, -0.2) is 56.2 Å². The molecule has 3 aromatic carbocycles. The number of nitrogens with zero attached hydrogens (tertiary/aromatic N) is 6. The number of rotatable bonds is 5. The van der Waals surface area contributed by atoms with Gasteiger partial charge in [0.15, 0.2) is 0 Å². The normalized spacial score (nSPS) is 13.9. The van der Waals surface area contributed by atoms with Crippen LogP contribution in [0.1, 0.15) is 16.7 Å². The van der Waals surface area contributed by atoms with Crippen molar-refractivity contribution in [3.05, 3.63) is 109 Å². The van der Waals surface area contributed by atoms with E-state index in [0.29, 0.717) is 30.0 Å². The Bertz CT molecular complexity index is 2060. The standard InChI is InChI=1S/C32H33N7O4/c1-20-9-8-12-25(21(20)2)39-30(41)23(29(40)34-31(39)42)19-33-24-17-27-28(36(4)32(43)35(27)3)18-26(24)38-15-13-37(14-16-38)22-10-6-5-7-11-22/h5-12,17-19,41H,13-16H2,1-4H3,(H,34,40,42). The summed E-state index contributed by atoms with van der Waals surface area (Å²) in [7, 11) is 3.44. The van der Waals surface area contributed by atoms with Gasteiger partial charge in [0.25, 0.3) is 5.56 Å². The molecule has 11 heteroatoms. The topological polar surface area (TPSA) is 121 Å². The van der Waals surface area contributed by atoms with E-state index in [2.05, 4.69) is 31.9 Å². The Balaban J connectivity index is 1.44. The monoisotopic (exact) mass is 579 g/mol. The fourth-order valence-electron chi connectivity index (χ4n) is 5.71. The van der Waals surface area contributed by atoms with Crippen LogP contribution in [0.3, 0.4) is 0 Å². The maximum Gasteiger partial charge on any atom is 0.335 e. The number of piperazine rings is 1. The van der Waals surface area contributed by atoms with Gasteiger partial charge in [0.2, 0.25) is 5.88 Å². The smallest absolute Gasteiger partial charge is 0.335 e. The third-order valence-electron chi connectivity index (χ3n) is 8.38. The molecule has 0 aliphatic carbocycles. The summed E-state index contributed by atoms with van der Waals surface area (Å²) >= 11 is 0. The van der Waals surface area contributed by atoms with Gasteiger partial charge in [-0.05, 0) is 55.3 Å². The molecule has 220 valence electrons. The number of H-pyrrole nitrogens is 1. The second-order valence-corrected chi connectivity index (χ2v) is 10.8. The van der Waals surface area contributed by atoms with Gasteiger partial charge >= 0.3 is 11.4 Å². The van der Waals surface area contributed by atoms with Crippen LogP contribution in [0.15, 0.2) is 80.0 Å². The highest BCUT2D eigenvalue weighted by molar-refractivity contribution is 5.92. The molecule has 0 amide bonds. The molecule has 0 saturated carbocycles. The van der Waals surface area contributed by atoms with E-state index in [4.69, 9.17) is 0 Å². The Labute approximate surface area is 247 Å². The zero-order chi connectivity index (χ0) is 30.4. The molecule has 0 radical (unpaired) electrons. The predicted octanol–water partition coefficient (Wildman–Crippen LogP) is 3.12. The molecule has 0 atom stereocenters. The number of aryl methyl sites for hydroxylation is 3. The molecule has 43 heavy (non-hydrogen) atoms. The Kier molecular flexibility index (Phi) is 7.01. The molecule has 11 nitrogen and oxygen atoms in total. The Hall–Kier alpha value is -5.32. The molecule has 6 rings (SSSR count). The highest BCUT2D eigenvalue weighted by atomic mass is 16.3. The summed E-state index contributed by atoms with van der Waals surface area (Å²) < 4.78 is 4.23. The van der Waals surface area contributed by atoms with Crippen molar-refractivity contribution in [1.82, 2.24) is 18.7 Å². The second kappa shape index (κ2) is 10.8. The Morgan fingerprint density at radius 1 is 0.814 bits per heavy atom. The van der Waals surface area contributed by atoms with Gasteiger partial charge in [-0.15, -0.1) is 0 Å². The van der Waals surface area contributed by atoms with Gasteiger partial charge < -0.3 is 14.9 Å². The molecule has 0 unspecified atom stereocenters. The first kappa shape index (κ1) is 27.8. The third-order valence-corrected chi connectivity index (χ3v) is 8.38. The molecular formula is C32H33N7O4. The average molecular weight is 580 g/mol. The van der Waals surface area contributed by atoms with Crippen molar-refractivity contribution in [3.63, 3.8) is 0 Å². The quantitative estimate of drug-likeness (QED) is 0.309. The molecule has 3 heterocycles. The summed E-state index contributed by atoms with van der Waals surface area (Å²) in [5, 5.41) is 11.2. The summed E-state index contributed by atoms with van der Waals surface area (Å²) in [4.78, 5) is 50.0. The van der Waals surface area contributed by atoms with Crippen LogP contribution in [0.25, 0.3) is 16.7 Å². The van der Waals surface area contributed by atoms with Crippen LogP contribution in [0.2, 0.25) is 0 Å². The van der Waals surface area contributed by atoms with Crippen LogP contribution < -0.4 is 26.7 Å². The van der Waals surface area contributed by atoms with E-state index >= 15 is 0 Å². The molecule has 2 N–H and O–H groups in total. The lowest BCUT2D eigenvalue weighted by atomic mass is 10.1. The van der Waals surface area contributed by atoms with Gasteiger partial charge in [-0.25, -0.2) is 14.2 Å². The van der Waals surface area contributed by atoms with Crippen LogP contribution in [-0.2, 0) is 14.1 Å². The summed E-state index contributed by atoms with van der Waals surface area (Å²) in [5.41, 5.74) is 4.33. The van der Waals surface area contributed by atoms with Gasteiger partial charge in [-0.2, -0.15) is 0 Å². The highest BCUT2D eigenvalue weighted by Gasteiger charge is 2.22. The van der Waals surface area contributed by atoms with Crippen molar-refractivity contribution >= 4 is 34.3 Å². The summed E-state index contributed by atoms with van der Waals surface area (Å²) in [6.45, 7) is 6.77. The van der Waals surface area contributed by atoms with E-state index < -0.39 is 17.1 Å². The van der Waals surface area contributed by atoms with E-state index in [1.54, 1.807) is 35.4 Å². The van der Waals surface area contributed by atoms with Gasteiger partial charge in [0.1, 0.15) is 5.56 Å². The maximum atomic E-state index is 12.9. The summed E-state index contributed by atoms with van der Waals surface area (Å²) in [6.07, 6.45) is 1.28. The van der Waals surface area contributed by atoms with Crippen molar-refractivity contribution in [2.45, 2.75) is 13.8 Å². The minimum absolute atomic E-state index is 0.151. The molecule has 1 aliphatic heterocycles. The van der Waals surface area contributed by atoms with Crippen molar-refractivity contribution in [3.8, 4) is 11.6 Å². The lowest BCUT2D eigenvalue weighted by Gasteiger charge is -2.37. The molecule has 5 aromatic rings. The van der Waals surface area contributed by atoms with Crippen LogP contribution in [0.4, 0.5) is 17.1 Å². The number of hydrogen-bond acceptors (Lipinski definition) is 7. The predicted molar refractivity (Wildman–Crippen MR) is 170 cm³/mol. The van der Waals surface area contributed by atoms with Crippen molar-refractivity contribution in [2.24, 2.45) is 19.1 Å². The first-order valence-electron chi connectivity index (χ1n) is 14.1. The SMILES string of the molecule is Cc1cccc(-n2c(O)c(C=Nc3cc4c(cc3N3CCN(c5ccccc5)CC3)n(C)c(=O)n4C)c(=O)[nH]c2=O)c1C. The lowest BCUT2D eigenvalue weighted by Crippen LogP contribution is -2.46. The number of para-hydroxylation sites is 1. The molecular weight excluding hydrogens is 546 g/mol. The number of anilines is 2. The number of aliphatic imine (C=N–C) groups is 1. The minimum atomic E-state index is -0.751. The van der Waals surface area contributed by atoms with Gasteiger partial charge in [-0.3, -0.25) is 23.9 Å². The fraction of sp³-hybridized carbons (Fsp3) is 0.250. The molecule has 0 spiro atoms. The van der Waals surface area contributed by atoms with Gasteiger partial charge in [0.05, 0.1) is 28.1 Å². The zero-order valence-corrected chi connectivity index (χ0v) is 24.5. The van der Waals surface area contributed by atoms with Gasteiger partial charge in [0, 0.05) is 52.2 Å². The number of benzene rings is 3. The fourth-order valence-corrected chi connectivity index (χ4v) is 5.71. The zero-order valence-electron chi connectivity index (χ0n) is 24.5. The largest absolute Gasteiger partial charge is 0.493 e. The van der Waals surface area contributed by atoms with Crippen LogP contribution in [0, 0.1) is 13.8 Å². The average Bonchev–Trinajstić information content (AvgIpc) is 3.22. The highest BCUT2D eigenvalue weighted by Crippen LogP contribution is 2.34. The number of aromatic amines is 1. The Morgan fingerprint density at radius 2 is 1.47 bits per heavy atom. The number of fused-ring (bicyclic) bond motifs is 1. The first-order chi connectivity index (χ1) is 20.7. The van der Waals surface area contributed by atoms with E-state index in [-0.39, 0.29) is 11.3 Å². The van der Waals surface area contributed by atoms with Crippen LogP contribution >= 0.6 is 0 Å². The maximum absolute atomic E-state index is 12.9. The number of imidazole rings is 1. The third kappa shape index (κ3) is 4.82.